The van der Waals surface area contributed by atoms with Crippen molar-refractivity contribution in [1.82, 2.24) is 4.67 Å². The molecule has 5 nitrogen and oxygen atoms in total. The summed E-state index contributed by atoms with van der Waals surface area (Å²) in [5.74, 6) is 0.754. The van der Waals surface area contributed by atoms with E-state index in [1.165, 1.54) is 0 Å². The highest BCUT2D eigenvalue weighted by atomic mass is 31.2. The number of nitrogens with zero attached hydrogens (tertiary/aromatic N) is 2. The average Bonchev–Trinajstić information content (AvgIpc) is 3.19. The fourth-order valence-corrected chi connectivity index (χ4v) is 9.15. The van der Waals surface area contributed by atoms with E-state index in [1.807, 2.05) is 41.9 Å². The third-order valence-electron chi connectivity index (χ3n) is 8.00. The minimum Gasteiger partial charge on any atom is -0.387 e. The largest absolute Gasteiger partial charge is 0.387 e. The van der Waals surface area contributed by atoms with Crippen LogP contribution in [0.3, 0.4) is 0 Å². The predicted molar refractivity (Wildman–Crippen MR) is 107 cm³/mol. The van der Waals surface area contributed by atoms with Gasteiger partial charge < -0.3 is 5.11 Å². The molecule has 148 valence electrons. The maximum Gasteiger partial charge on any atom is 0.371 e. The molecule has 1 aromatic rings. The summed E-state index contributed by atoms with van der Waals surface area (Å²) < 4.78 is 24.9. The molecule has 6 heteroatoms. The highest BCUT2D eigenvalue weighted by molar-refractivity contribution is 7.58. The molecule has 6 rings (SSSR count). The van der Waals surface area contributed by atoms with Gasteiger partial charge in [-0.2, -0.15) is 0 Å². The van der Waals surface area contributed by atoms with Crippen molar-refractivity contribution in [3.8, 4) is 0 Å². The molecule has 1 unspecified atom stereocenters. The summed E-state index contributed by atoms with van der Waals surface area (Å²) in [5.41, 5.74) is 0.162. The molecule has 6 atom stereocenters. The molecule has 0 radical (unpaired) electrons. The lowest BCUT2D eigenvalue weighted by Gasteiger charge is -2.65. The zero-order valence-electron chi connectivity index (χ0n) is 16.5. The van der Waals surface area contributed by atoms with E-state index in [-0.39, 0.29) is 23.5 Å². The summed E-state index contributed by atoms with van der Waals surface area (Å²) in [7, 11) is -3.20. The van der Waals surface area contributed by atoms with E-state index in [9.17, 15) is 9.67 Å². The smallest absolute Gasteiger partial charge is 0.371 e. The first-order valence-electron chi connectivity index (χ1n) is 10.4. The molecule has 3 saturated carbocycles. The Hall–Kier alpha value is -0.870. The van der Waals surface area contributed by atoms with Crippen LogP contribution < -0.4 is 4.67 Å². The van der Waals surface area contributed by atoms with Crippen molar-refractivity contribution in [3.05, 3.63) is 30.3 Å². The van der Waals surface area contributed by atoms with Gasteiger partial charge in [-0.25, -0.2) is 9.24 Å². The average molecular weight is 390 g/mol. The van der Waals surface area contributed by atoms with Crippen molar-refractivity contribution in [2.24, 2.45) is 17.3 Å². The number of anilines is 1. The Morgan fingerprint density at radius 3 is 2.59 bits per heavy atom. The zero-order valence-corrected chi connectivity index (χ0v) is 17.4. The highest BCUT2D eigenvalue weighted by Gasteiger charge is 2.65. The van der Waals surface area contributed by atoms with Crippen molar-refractivity contribution >= 4 is 13.4 Å². The van der Waals surface area contributed by atoms with E-state index in [0.29, 0.717) is 5.92 Å². The summed E-state index contributed by atoms with van der Waals surface area (Å²) >= 11 is 0. The highest BCUT2D eigenvalue weighted by Crippen LogP contribution is 2.69. The molecule has 3 aliphatic carbocycles. The second-order valence-electron chi connectivity index (χ2n) is 9.73. The summed E-state index contributed by atoms with van der Waals surface area (Å²) in [5, 5.41) is 11.4. The van der Waals surface area contributed by atoms with Gasteiger partial charge in [0, 0.05) is 24.8 Å². The first-order valence-corrected chi connectivity index (χ1v) is 11.9. The van der Waals surface area contributed by atoms with Gasteiger partial charge in [-0.3, -0.25) is 9.19 Å². The van der Waals surface area contributed by atoms with E-state index in [1.54, 1.807) is 0 Å². The Morgan fingerprint density at radius 2 is 1.93 bits per heavy atom. The molecule has 0 spiro atoms. The number of hydrogen-bond donors (Lipinski definition) is 1. The van der Waals surface area contributed by atoms with Crippen LogP contribution in [-0.2, 0) is 9.09 Å². The minimum absolute atomic E-state index is 0.142. The number of rotatable bonds is 3. The third kappa shape index (κ3) is 2.45. The lowest BCUT2D eigenvalue weighted by Crippen LogP contribution is -2.67. The summed E-state index contributed by atoms with van der Waals surface area (Å²) in [6.45, 7) is 7.96. The normalized spacial score (nSPS) is 45.6. The van der Waals surface area contributed by atoms with Crippen molar-refractivity contribution in [3.63, 3.8) is 0 Å². The van der Waals surface area contributed by atoms with Gasteiger partial charge in [0.25, 0.3) is 0 Å². The van der Waals surface area contributed by atoms with Gasteiger partial charge in [-0.15, -0.1) is 0 Å². The van der Waals surface area contributed by atoms with Crippen LogP contribution in [0.1, 0.15) is 46.5 Å². The Balaban J connectivity index is 1.47. The molecular formula is C21H31N2O3P. The second-order valence-corrected chi connectivity index (χ2v) is 11.9. The maximum atomic E-state index is 14.3. The molecule has 5 aliphatic rings. The van der Waals surface area contributed by atoms with Crippen LogP contribution in [0.2, 0.25) is 0 Å². The van der Waals surface area contributed by atoms with E-state index in [2.05, 4.69) is 18.5 Å². The molecule has 1 N–H and O–H groups in total. The molecule has 2 aliphatic heterocycles. The van der Waals surface area contributed by atoms with Crippen LogP contribution in [0.5, 0.6) is 0 Å². The van der Waals surface area contributed by atoms with Crippen LogP contribution in [0, 0.1) is 17.3 Å². The summed E-state index contributed by atoms with van der Waals surface area (Å²) in [4.78, 5) is 0. The molecule has 1 aromatic carbocycles. The van der Waals surface area contributed by atoms with Crippen LogP contribution in [0.25, 0.3) is 0 Å². The zero-order chi connectivity index (χ0) is 19.0. The lowest BCUT2D eigenvalue weighted by molar-refractivity contribution is -0.239. The molecule has 2 heterocycles. The van der Waals surface area contributed by atoms with Crippen LogP contribution >= 0.6 is 7.67 Å². The SMILES string of the molecule is CC1(C)[C@H]2C[C@H](OP3(=O)N(c4ccccc4)C[C@@H]4CCCN43)[C@](C)(O)[C@@H]1C2. The van der Waals surface area contributed by atoms with Crippen LogP contribution in [0.15, 0.2) is 30.3 Å². The number of fused-ring (bicyclic) bond motifs is 3. The quantitative estimate of drug-likeness (QED) is 0.781. The Morgan fingerprint density at radius 1 is 1.19 bits per heavy atom. The van der Waals surface area contributed by atoms with Gasteiger partial charge in [0.2, 0.25) is 0 Å². The van der Waals surface area contributed by atoms with Gasteiger partial charge in [0.05, 0.1) is 11.7 Å². The molecule has 2 saturated heterocycles. The van der Waals surface area contributed by atoms with E-state index >= 15 is 0 Å². The fourth-order valence-electron chi connectivity index (χ4n) is 6.19. The molecule has 5 fully saturated rings. The Labute approximate surface area is 162 Å². The number of aliphatic hydroxyl groups is 1. The van der Waals surface area contributed by atoms with E-state index in [4.69, 9.17) is 4.52 Å². The van der Waals surface area contributed by atoms with Crippen molar-refractivity contribution in [2.45, 2.75) is 64.2 Å². The van der Waals surface area contributed by atoms with Gasteiger partial charge in [-0.1, -0.05) is 32.0 Å². The number of para-hydroxylation sites is 1. The lowest BCUT2D eigenvalue weighted by atomic mass is 9.43. The monoisotopic (exact) mass is 390 g/mol. The van der Waals surface area contributed by atoms with Crippen molar-refractivity contribution in [2.75, 3.05) is 17.8 Å². The molecule has 0 aromatic heterocycles. The maximum absolute atomic E-state index is 14.3. The summed E-state index contributed by atoms with van der Waals surface area (Å²) in [6.07, 6.45) is 3.61. The van der Waals surface area contributed by atoms with Crippen molar-refractivity contribution in [1.29, 1.82) is 0 Å². The molecular weight excluding hydrogens is 359 g/mol. The Kier molecular flexibility index (Phi) is 3.92. The van der Waals surface area contributed by atoms with E-state index in [0.717, 1.165) is 44.5 Å². The Bertz CT molecular complexity index is 781. The summed E-state index contributed by atoms with van der Waals surface area (Å²) in [6, 6.07) is 10.3. The second kappa shape index (κ2) is 5.82. The van der Waals surface area contributed by atoms with Gasteiger partial charge >= 0.3 is 7.67 Å². The van der Waals surface area contributed by atoms with Gasteiger partial charge in [-0.05, 0) is 62.0 Å². The molecule has 0 amide bonds. The van der Waals surface area contributed by atoms with Gasteiger partial charge in [0.1, 0.15) is 0 Å². The molecule has 2 bridgehead atoms. The van der Waals surface area contributed by atoms with Gasteiger partial charge in [0.15, 0.2) is 0 Å². The third-order valence-corrected chi connectivity index (χ3v) is 10.7. The molecule has 27 heavy (non-hydrogen) atoms. The van der Waals surface area contributed by atoms with Crippen LogP contribution in [-0.4, -0.2) is 40.6 Å². The predicted octanol–water partition coefficient (Wildman–Crippen LogP) is 4.28. The van der Waals surface area contributed by atoms with Crippen LogP contribution in [0.4, 0.5) is 5.69 Å². The first-order chi connectivity index (χ1) is 12.7. The fraction of sp³-hybridized carbons (Fsp3) is 0.714. The number of hydrogen-bond acceptors (Lipinski definition) is 3. The topological polar surface area (TPSA) is 53.0 Å². The van der Waals surface area contributed by atoms with Crippen molar-refractivity contribution < 1.29 is 14.2 Å². The van der Waals surface area contributed by atoms with E-state index < -0.39 is 13.3 Å². The minimum atomic E-state index is -3.20. The standard InChI is InChI=1S/C21H31N2O3P/c1-20(2)15-12-18(20)21(3,24)19(13-15)26-27(25)22-11-7-10-17(22)14-23(27)16-8-5-4-6-9-16/h4-6,8-9,15,17-19,24H,7,10-14H2,1-3H3/t15-,17+,18-,19+,21-,27?/m1/s1. The number of benzene rings is 1. The first kappa shape index (κ1) is 18.2.